The number of nitrogens with zero attached hydrogens (tertiary/aromatic N) is 1. The number of urea groups is 1. The van der Waals surface area contributed by atoms with Crippen molar-refractivity contribution in [2.24, 2.45) is 0 Å². The maximum absolute atomic E-state index is 12.1. The second kappa shape index (κ2) is 12.3. The van der Waals surface area contributed by atoms with E-state index in [0.717, 1.165) is 69.4 Å². The van der Waals surface area contributed by atoms with Crippen LogP contribution in [0.15, 0.2) is 11.0 Å². The van der Waals surface area contributed by atoms with Gasteiger partial charge in [0.25, 0.3) is 5.56 Å². The monoisotopic (exact) mass is 504 g/mol. The molecule has 192 valence electrons. The fourth-order valence-electron chi connectivity index (χ4n) is 4.80. The Hall–Kier alpha value is -2.73. The van der Waals surface area contributed by atoms with E-state index in [0.29, 0.717) is 29.2 Å². The normalized spacial score (nSPS) is 21.1. The third kappa shape index (κ3) is 6.91. The van der Waals surface area contributed by atoms with Crippen molar-refractivity contribution in [3.05, 3.63) is 22.1 Å². The van der Waals surface area contributed by atoms with E-state index in [1.165, 1.54) is 0 Å². The lowest BCUT2D eigenvalue weighted by Gasteiger charge is -2.16. The van der Waals surface area contributed by atoms with Crippen LogP contribution in [0.25, 0.3) is 11.0 Å². The number of H-pyrrole nitrogens is 2. The summed E-state index contributed by atoms with van der Waals surface area (Å²) in [5.74, 6) is 1.21. The number of rotatable bonds is 14. The number of unbranched alkanes of at least 4 members (excludes halogenated alkanes) is 4. The number of hydrogen-bond acceptors (Lipinski definition) is 7. The summed E-state index contributed by atoms with van der Waals surface area (Å²) in [7, 11) is 0. The highest BCUT2D eigenvalue weighted by Crippen LogP contribution is 2.33. The maximum atomic E-state index is 12.1. The van der Waals surface area contributed by atoms with Gasteiger partial charge in [-0.3, -0.25) is 14.6 Å². The Kier molecular flexibility index (Phi) is 8.91. The number of carbonyl (C=O) groups excluding carboxylic acids is 2. The van der Waals surface area contributed by atoms with Crippen molar-refractivity contribution in [3.8, 4) is 0 Å². The van der Waals surface area contributed by atoms with E-state index >= 15 is 0 Å². The minimum atomic E-state index is -0.227. The Bertz CT molecular complexity index is 1070. The molecule has 2 aromatic rings. The fraction of sp³-hybridized carbons (Fsp3) is 0.652. The van der Waals surface area contributed by atoms with Gasteiger partial charge >= 0.3 is 6.03 Å². The molecule has 0 saturated carbocycles. The van der Waals surface area contributed by atoms with Crippen LogP contribution in [0.1, 0.15) is 56.9 Å². The van der Waals surface area contributed by atoms with E-state index in [9.17, 15) is 14.4 Å². The van der Waals surface area contributed by atoms with Crippen molar-refractivity contribution in [1.82, 2.24) is 36.2 Å². The first-order chi connectivity index (χ1) is 17.0. The molecule has 2 aliphatic rings. The number of thioether (sulfide) groups is 1. The highest BCUT2D eigenvalue weighted by Gasteiger charge is 2.42. The number of nitrogen functional groups attached to an aromatic ring is 1. The number of hydrogen-bond donors (Lipinski definition) is 7. The van der Waals surface area contributed by atoms with E-state index in [4.69, 9.17) is 5.73 Å². The standard InChI is InChI=1S/C23H36N8O3S/c24-22-30-20-18(21(33)31-22)14(12-27-20)11-25-9-5-1-2-6-10-26-17(32)8-4-3-7-16-19-15(13-35-16)28-23(34)29-19/h12,15-16,19,25H,1-11,13H2,(H,26,32)(H2,28,29,34)(H4,24,27,30,31,33). The molecule has 2 aliphatic heterocycles. The van der Waals surface area contributed by atoms with Crippen LogP contribution in [0.4, 0.5) is 10.7 Å². The minimum absolute atomic E-state index is 0.0479. The smallest absolute Gasteiger partial charge is 0.315 e. The summed E-state index contributed by atoms with van der Waals surface area (Å²) < 4.78 is 0. The van der Waals surface area contributed by atoms with Crippen molar-refractivity contribution in [3.63, 3.8) is 0 Å². The summed E-state index contributed by atoms with van der Waals surface area (Å²) in [6.07, 6.45) is 9.46. The molecule has 8 N–H and O–H groups in total. The highest BCUT2D eigenvalue weighted by atomic mass is 32.2. The average molecular weight is 505 g/mol. The lowest BCUT2D eigenvalue weighted by atomic mass is 10.0. The van der Waals surface area contributed by atoms with Crippen LogP contribution >= 0.6 is 11.8 Å². The zero-order valence-electron chi connectivity index (χ0n) is 20.0. The first-order valence-electron chi connectivity index (χ1n) is 12.5. The van der Waals surface area contributed by atoms with Crippen LogP contribution in [-0.4, -0.2) is 63.1 Å². The molecule has 2 fully saturated rings. The van der Waals surface area contributed by atoms with Crippen LogP contribution in [-0.2, 0) is 11.3 Å². The predicted octanol–water partition coefficient (Wildman–Crippen LogP) is 1.33. The third-order valence-corrected chi connectivity index (χ3v) is 8.15. The van der Waals surface area contributed by atoms with Crippen LogP contribution in [0, 0.1) is 0 Å². The second-order valence-electron chi connectivity index (χ2n) is 9.30. The van der Waals surface area contributed by atoms with Gasteiger partial charge in [-0.05, 0) is 37.8 Å². The zero-order valence-corrected chi connectivity index (χ0v) is 20.8. The summed E-state index contributed by atoms with van der Waals surface area (Å²) >= 11 is 1.92. The van der Waals surface area contributed by atoms with Crippen molar-refractivity contribution in [2.45, 2.75) is 75.2 Å². The lowest BCUT2D eigenvalue weighted by Crippen LogP contribution is -2.36. The van der Waals surface area contributed by atoms with Crippen LogP contribution in [0.2, 0.25) is 0 Å². The molecule has 4 heterocycles. The molecule has 3 amide bonds. The first kappa shape index (κ1) is 25.4. The number of nitrogens with two attached hydrogens (primary N) is 1. The predicted molar refractivity (Wildman–Crippen MR) is 138 cm³/mol. The Morgan fingerprint density at radius 3 is 2.80 bits per heavy atom. The zero-order chi connectivity index (χ0) is 24.6. The Morgan fingerprint density at radius 2 is 1.94 bits per heavy atom. The van der Waals surface area contributed by atoms with Crippen molar-refractivity contribution >= 4 is 40.7 Å². The summed E-state index contributed by atoms with van der Waals surface area (Å²) in [5.41, 5.74) is 6.73. The Labute approximate surface area is 208 Å². The number of anilines is 1. The van der Waals surface area contributed by atoms with E-state index in [2.05, 4.69) is 36.2 Å². The number of aromatic amines is 2. The first-order valence-corrected chi connectivity index (χ1v) is 13.6. The number of fused-ring (bicyclic) bond motifs is 2. The van der Waals surface area contributed by atoms with Gasteiger partial charge in [-0.15, -0.1) is 0 Å². The van der Waals surface area contributed by atoms with Crippen LogP contribution in [0.3, 0.4) is 0 Å². The van der Waals surface area contributed by atoms with Crippen molar-refractivity contribution in [2.75, 3.05) is 24.6 Å². The topological polar surface area (TPSA) is 170 Å². The van der Waals surface area contributed by atoms with E-state index in [1.807, 2.05) is 11.8 Å². The molecule has 0 radical (unpaired) electrons. The molecule has 12 heteroatoms. The molecule has 3 unspecified atom stereocenters. The largest absolute Gasteiger partial charge is 0.369 e. The number of carbonyl (C=O) groups is 2. The molecule has 11 nitrogen and oxygen atoms in total. The van der Waals surface area contributed by atoms with Crippen LogP contribution in [0.5, 0.6) is 0 Å². The van der Waals surface area contributed by atoms with Gasteiger partial charge in [0.15, 0.2) is 0 Å². The van der Waals surface area contributed by atoms with Crippen molar-refractivity contribution < 1.29 is 9.59 Å². The molecule has 0 aromatic carbocycles. The van der Waals surface area contributed by atoms with E-state index in [-0.39, 0.29) is 35.5 Å². The average Bonchev–Trinajstić information content (AvgIpc) is 3.50. The van der Waals surface area contributed by atoms with Gasteiger partial charge in [-0.25, -0.2) is 4.79 Å². The molecular formula is C23H36N8O3S. The van der Waals surface area contributed by atoms with Gasteiger partial charge in [-0.1, -0.05) is 19.3 Å². The van der Waals surface area contributed by atoms with Crippen molar-refractivity contribution in [1.29, 1.82) is 0 Å². The summed E-state index contributed by atoms with van der Waals surface area (Å²) in [6, 6.07) is 0.458. The van der Waals surface area contributed by atoms with Crippen LogP contribution < -0.4 is 32.6 Å². The van der Waals surface area contributed by atoms with Gasteiger partial charge in [-0.2, -0.15) is 16.7 Å². The van der Waals surface area contributed by atoms with Gasteiger partial charge in [0, 0.05) is 36.7 Å². The molecule has 2 aromatic heterocycles. The van der Waals surface area contributed by atoms with Gasteiger partial charge in [0.05, 0.1) is 17.5 Å². The SMILES string of the molecule is Nc1nc2[nH]cc(CNCCCCCCNC(=O)CCCCC3SCC4NC(=O)NC43)c2c(=O)[nH]1. The molecule has 0 bridgehead atoms. The molecular weight excluding hydrogens is 468 g/mol. The fourth-order valence-corrected chi connectivity index (χ4v) is 6.35. The molecule has 2 saturated heterocycles. The van der Waals surface area contributed by atoms with E-state index < -0.39 is 0 Å². The number of nitrogens with one attached hydrogen (secondary N) is 6. The maximum Gasteiger partial charge on any atom is 0.315 e. The highest BCUT2D eigenvalue weighted by molar-refractivity contribution is 8.00. The molecule has 4 rings (SSSR count). The third-order valence-electron chi connectivity index (χ3n) is 6.64. The number of amides is 3. The summed E-state index contributed by atoms with van der Waals surface area (Å²) in [5, 5.41) is 13.4. The Morgan fingerprint density at radius 1 is 1.11 bits per heavy atom. The Balaban J connectivity index is 0.975. The number of aromatic nitrogens is 3. The van der Waals surface area contributed by atoms with Gasteiger partial charge in [0.2, 0.25) is 11.9 Å². The molecule has 35 heavy (non-hydrogen) atoms. The lowest BCUT2D eigenvalue weighted by molar-refractivity contribution is -0.121. The minimum Gasteiger partial charge on any atom is -0.369 e. The van der Waals surface area contributed by atoms with Gasteiger partial charge < -0.3 is 32.0 Å². The van der Waals surface area contributed by atoms with E-state index in [1.54, 1.807) is 6.20 Å². The second-order valence-corrected chi connectivity index (χ2v) is 10.6. The summed E-state index contributed by atoms with van der Waals surface area (Å²) in [6.45, 7) is 2.18. The summed E-state index contributed by atoms with van der Waals surface area (Å²) in [4.78, 5) is 45.2. The molecule has 0 aliphatic carbocycles. The molecule has 0 spiro atoms. The quantitative estimate of drug-likeness (QED) is 0.150. The van der Waals surface area contributed by atoms with Gasteiger partial charge in [0.1, 0.15) is 5.65 Å². The molecule has 3 atom stereocenters.